The lowest BCUT2D eigenvalue weighted by atomic mass is 10.1. The Morgan fingerprint density at radius 3 is 2.65 bits per heavy atom. The molecule has 1 heterocycles. The first-order chi connectivity index (χ1) is 8.08. The Morgan fingerprint density at radius 1 is 1.35 bits per heavy atom. The van der Waals surface area contributed by atoms with Gasteiger partial charge >= 0.3 is 5.97 Å². The molecule has 2 N–H and O–H groups in total. The Balaban J connectivity index is 2.36. The van der Waals surface area contributed by atoms with Crippen LogP contribution < -0.4 is 5.32 Å². The summed E-state index contributed by atoms with van der Waals surface area (Å²) in [6, 6.07) is 6.79. The number of para-hydroxylation sites is 1. The largest absolute Gasteiger partial charge is 0.478 e. The molecular formula is C12H13N3O2. The fourth-order valence-corrected chi connectivity index (χ4v) is 1.65. The number of aryl methyl sites for hydroxylation is 2. The number of rotatable bonds is 3. The number of anilines is 2. The second kappa shape index (κ2) is 4.29. The summed E-state index contributed by atoms with van der Waals surface area (Å²) in [6.45, 7) is 1.87. The molecule has 0 spiro atoms. The second-order valence-corrected chi connectivity index (χ2v) is 3.78. The quantitative estimate of drug-likeness (QED) is 0.849. The molecule has 17 heavy (non-hydrogen) atoms. The number of nitrogens with zero attached hydrogens (tertiary/aromatic N) is 2. The van der Waals surface area contributed by atoms with E-state index < -0.39 is 5.97 Å². The summed E-state index contributed by atoms with van der Waals surface area (Å²) in [7, 11) is 1.82. The molecule has 5 heteroatoms. The summed E-state index contributed by atoms with van der Waals surface area (Å²) in [5.74, 6) is -0.949. The van der Waals surface area contributed by atoms with Crippen LogP contribution in [0.3, 0.4) is 0 Å². The van der Waals surface area contributed by atoms with Crippen LogP contribution in [-0.2, 0) is 7.05 Å². The monoisotopic (exact) mass is 231 g/mol. The van der Waals surface area contributed by atoms with E-state index in [0.717, 1.165) is 11.4 Å². The molecule has 0 bridgehead atoms. The lowest BCUT2D eigenvalue weighted by Crippen LogP contribution is -2.02. The van der Waals surface area contributed by atoms with Gasteiger partial charge in [0.25, 0.3) is 0 Å². The number of hydrogen-bond acceptors (Lipinski definition) is 3. The number of hydrogen-bond donors (Lipinski definition) is 2. The fraction of sp³-hybridized carbons (Fsp3) is 0.167. The number of carbonyl (C=O) groups is 1. The highest BCUT2D eigenvalue weighted by Crippen LogP contribution is 2.22. The predicted octanol–water partition coefficient (Wildman–Crippen LogP) is 2.17. The highest BCUT2D eigenvalue weighted by molar-refractivity contribution is 5.95. The van der Waals surface area contributed by atoms with Crippen molar-refractivity contribution in [2.45, 2.75) is 6.92 Å². The lowest BCUT2D eigenvalue weighted by molar-refractivity contribution is 0.0698. The van der Waals surface area contributed by atoms with Crippen LogP contribution in [0.2, 0.25) is 0 Å². The van der Waals surface area contributed by atoms with Gasteiger partial charge in [-0.25, -0.2) is 4.79 Å². The third-order valence-electron chi connectivity index (χ3n) is 2.44. The van der Waals surface area contributed by atoms with E-state index in [1.54, 1.807) is 28.9 Å². The third kappa shape index (κ3) is 2.28. The number of carboxylic acids is 1. The van der Waals surface area contributed by atoms with Gasteiger partial charge in [0.05, 0.1) is 22.6 Å². The van der Waals surface area contributed by atoms with Crippen molar-refractivity contribution in [1.29, 1.82) is 0 Å². The molecule has 0 amide bonds. The topological polar surface area (TPSA) is 67.2 Å². The number of aromatic nitrogens is 2. The molecule has 0 saturated carbocycles. The smallest absolute Gasteiger partial charge is 0.337 e. The minimum atomic E-state index is -0.949. The molecule has 1 aromatic carbocycles. The summed E-state index contributed by atoms with van der Waals surface area (Å²) in [4.78, 5) is 11.0. The van der Waals surface area contributed by atoms with E-state index in [2.05, 4.69) is 10.4 Å². The Hall–Kier alpha value is -2.30. The average Bonchev–Trinajstić information content (AvgIpc) is 2.58. The van der Waals surface area contributed by atoms with Crippen LogP contribution in [0, 0.1) is 6.92 Å². The van der Waals surface area contributed by atoms with Crippen molar-refractivity contribution in [3.8, 4) is 0 Å². The summed E-state index contributed by atoms with van der Waals surface area (Å²) >= 11 is 0. The van der Waals surface area contributed by atoms with Crippen molar-refractivity contribution in [3.63, 3.8) is 0 Å². The van der Waals surface area contributed by atoms with E-state index in [-0.39, 0.29) is 5.56 Å². The summed E-state index contributed by atoms with van der Waals surface area (Å²) in [5, 5.41) is 16.3. The number of nitrogens with one attached hydrogen (secondary N) is 1. The molecule has 88 valence electrons. The highest BCUT2D eigenvalue weighted by Gasteiger charge is 2.10. The van der Waals surface area contributed by atoms with Gasteiger partial charge in [-0.1, -0.05) is 12.1 Å². The number of aromatic carboxylic acids is 1. The predicted molar refractivity (Wildman–Crippen MR) is 64.6 cm³/mol. The normalized spacial score (nSPS) is 10.2. The van der Waals surface area contributed by atoms with Crippen molar-refractivity contribution in [3.05, 3.63) is 41.7 Å². The maximum absolute atomic E-state index is 11.0. The molecule has 0 atom stereocenters. The molecular weight excluding hydrogens is 218 g/mol. The van der Waals surface area contributed by atoms with Gasteiger partial charge < -0.3 is 10.4 Å². The van der Waals surface area contributed by atoms with Gasteiger partial charge in [-0.05, 0) is 19.1 Å². The van der Waals surface area contributed by atoms with Gasteiger partial charge in [0.15, 0.2) is 0 Å². The Morgan fingerprint density at radius 2 is 2.06 bits per heavy atom. The zero-order chi connectivity index (χ0) is 12.4. The van der Waals surface area contributed by atoms with Crippen LogP contribution in [0.5, 0.6) is 0 Å². The second-order valence-electron chi connectivity index (χ2n) is 3.78. The van der Waals surface area contributed by atoms with Crippen molar-refractivity contribution in [2.75, 3.05) is 5.32 Å². The Bertz CT molecular complexity index is 561. The third-order valence-corrected chi connectivity index (χ3v) is 2.44. The number of carboxylic acid groups (broad SMARTS) is 1. The molecule has 0 fully saturated rings. The van der Waals surface area contributed by atoms with Crippen molar-refractivity contribution < 1.29 is 9.90 Å². The average molecular weight is 231 g/mol. The molecule has 5 nitrogen and oxygen atoms in total. The number of benzene rings is 1. The molecule has 2 aromatic rings. The Kier molecular flexibility index (Phi) is 2.82. The van der Waals surface area contributed by atoms with Crippen LogP contribution in [0.25, 0.3) is 0 Å². The standard InChI is InChI=1S/C12H13N3O2/c1-8-11(7-15(2)14-8)13-10-6-4-3-5-9(10)12(16)17/h3-7,13H,1-2H3,(H,16,17). The van der Waals surface area contributed by atoms with Gasteiger partial charge in [0.2, 0.25) is 0 Å². The summed E-state index contributed by atoms with van der Waals surface area (Å²) in [5.41, 5.74) is 2.45. The van der Waals surface area contributed by atoms with Crippen LogP contribution in [0.15, 0.2) is 30.5 Å². The molecule has 0 saturated heterocycles. The highest BCUT2D eigenvalue weighted by atomic mass is 16.4. The van der Waals surface area contributed by atoms with E-state index in [1.807, 2.05) is 20.2 Å². The SMILES string of the molecule is Cc1nn(C)cc1Nc1ccccc1C(=O)O. The zero-order valence-corrected chi connectivity index (χ0v) is 9.64. The van der Waals surface area contributed by atoms with Crippen molar-refractivity contribution in [1.82, 2.24) is 9.78 Å². The molecule has 0 aliphatic heterocycles. The van der Waals surface area contributed by atoms with Crippen LogP contribution >= 0.6 is 0 Å². The van der Waals surface area contributed by atoms with E-state index in [0.29, 0.717) is 5.69 Å². The van der Waals surface area contributed by atoms with E-state index in [1.165, 1.54) is 0 Å². The van der Waals surface area contributed by atoms with E-state index in [4.69, 9.17) is 5.11 Å². The van der Waals surface area contributed by atoms with Crippen LogP contribution in [0.1, 0.15) is 16.1 Å². The first-order valence-corrected chi connectivity index (χ1v) is 5.17. The molecule has 0 radical (unpaired) electrons. The molecule has 0 unspecified atom stereocenters. The van der Waals surface area contributed by atoms with E-state index in [9.17, 15) is 4.79 Å². The van der Waals surface area contributed by atoms with E-state index >= 15 is 0 Å². The van der Waals surface area contributed by atoms with Gasteiger partial charge in [-0.15, -0.1) is 0 Å². The summed E-state index contributed by atoms with van der Waals surface area (Å²) < 4.78 is 1.68. The lowest BCUT2D eigenvalue weighted by Gasteiger charge is -2.07. The first kappa shape index (κ1) is 11.2. The van der Waals surface area contributed by atoms with Gasteiger partial charge in [0.1, 0.15) is 0 Å². The van der Waals surface area contributed by atoms with Gasteiger partial charge in [-0.3, -0.25) is 4.68 Å². The van der Waals surface area contributed by atoms with Crippen LogP contribution in [0.4, 0.5) is 11.4 Å². The minimum Gasteiger partial charge on any atom is -0.478 e. The maximum Gasteiger partial charge on any atom is 0.337 e. The molecule has 1 aromatic heterocycles. The van der Waals surface area contributed by atoms with Gasteiger partial charge in [-0.2, -0.15) is 5.10 Å². The van der Waals surface area contributed by atoms with Crippen LogP contribution in [-0.4, -0.2) is 20.9 Å². The van der Waals surface area contributed by atoms with Gasteiger partial charge in [0, 0.05) is 13.2 Å². The fourth-order valence-electron chi connectivity index (χ4n) is 1.65. The maximum atomic E-state index is 11.0. The zero-order valence-electron chi connectivity index (χ0n) is 9.64. The first-order valence-electron chi connectivity index (χ1n) is 5.17. The Labute approximate surface area is 98.7 Å². The van der Waals surface area contributed by atoms with Crippen molar-refractivity contribution >= 4 is 17.3 Å². The molecule has 0 aliphatic carbocycles. The van der Waals surface area contributed by atoms with Crippen molar-refractivity contribution in [2.24, 2.45) is 7.05 Å². The summed E-state index contributed by atoms with van der Waals surface area (Å²) in [6.07, 6.45) is 1.81. The molecule has 2 rings (SSSR count). The molecule has 0 aliphatic rings. The minimum absolute atomic E-state index is 0.246.